The van der Waals surface area contributed by atoms with Crippen molar-refractivity contribution in [3.63, 3.8) is 0 Å². The van der Waals surface area contributed by atoms with Gasteiger partial charge >= 0.3 is 0 Å². The van der Waals surface area contributed by atoms with Crippen molar-refractivity contribution < 1.29 is 19.5 Å². The molecule has 4 heterocycles. The number of fused-ring (bicyclic) bond motifs is 2. The van der Waals surface area contributed by atoms with E-state index in [9.17, 15) is 19.5 Å². The van der Waals surface area contributed by atoms with Gasteiger partial charge in [0.2, 0.25) is 11.8 Å². The van der Waals surface area contributed by atoms with Crippen molar-refractivity contribution in [2.45, 2.75) is 41.8 Å². The zero-order valence-electron chi connectivity index (χ0n) is 22.8. The van der Waals surface area contributed by atoms with Gasteiger partial charge in [-0.2, -0.15) is 0 Å². The molecule has 0 aromatic heterocycles. The Hall–Kier alpha value is -3.07. The van der Waals surface area contributed by atoms with Crippen molar-refractivity contribution in [3.8, 4) is 0 Å². The standard InChI is InChI=1S/C32H34ClN3O4S/c33-23-12-14-24(15-13-23)35-19-8-16-32-27(30(39)36(28(32)31(35)40)18-5-2-6-20-37)26-25(41-32)11-7-17-34(29(26)38)21-22-9-3-1-4-10-22/h1,3-4,7-16,25-28,37H,2,5-6,17-21H2/t25-,26+,27+,28?,32+/m1/s1. The number of nitrogens with zero attached hydrogens (tertiary/aromatic N) is 3. The Balaban J connectivity index is 1.37. The number of anilines is 1. The molecule has 0 radical (unpaired) electrons. The maximum Gasteiger partial charge on any atom is 0.251 e. The van der Waals surface area contributed by atoms with Crippen molar-refractivity contribution >= 4 is 46.8 Å². The van der Waals surface area contributed by atoms with E-state index in [1.54, 1.807) is 33.7 Å². The van der Waals surface area contributed by atoms with Crippen molar-refractivity contribution in [3.05, 3.63) is 89.5 Å². The highest BCUT2D eigenvalue weighted by Gasteiger charge is 2.70. The normalized spacial score (nSPS) is 28.9. The summed E-state index contributed by atoms with van der Waals surface area (Å²) in [6.07, 6.45) is 10.2. The maximum atomic E-state index is 14.4. The van der Waals surface area contributed by atoms with Gasteiger partial charge in [-0.25, -0.2) is 0 Å². The van der Waals surface area contributed by atoms with Gasteiger partial charge in [-0.3, -0.25) is 14.4 Å². The zero-order valence-corrected chi connectivity index (χ0v) is 24.3. The second-order valence-electron chi connectivity index (χ2n) is 11.1. The molecule has 2 aromatic rings. The first-order valence-corrected chi connectivity index (χ1v) is 15.5. The number of thioether (sulfide) groups is 1. The molecule has 1 unspecified atom stereocenters. The highest BCUT2D eigenvalue weighted by Crippen LogP contribution is 2.61. The third-order valence-electron chi connectivity index (χ3n) is 8.65. The average Bonchev–Trinajstić information content (AvgIpc) is 3.29. The number of rotatable bonds is 8. The number of hydrogen-bond acceptors (Lipinski definition) is 5. The predicted molar refractivity (Wildman–Crippen MR) is 161 cm³/mol. The minimum Gasteiger partial charge on any atom is -0.396 e. The Morgan fingerprint density at radius 3 is 2.44 bits per heavy atom. The number of halogens is 1. The first kappa shape index (κ1) is 28.1. The molecular formula is C32H34ClN3O4S. The first-order valence-electron chi connectivity index (χ1n) is 14.3. The summed E-state index contributed by atoms with van der Waals surface area (Å²) in [5.41, 5.74) is 1.76. The number of hydrogen-bond donors (Lipinski definition) is 1. The number of unbranched alkanes of at least 4 members (excludes halogenated alkanes) is 2. The van der Waals surface area contributed by atoms with Gasteiger partial charge in [-0.15, -0.1) is 11.8 Å². The van der Waals surface area contributed by atoms with Crippen LogP contribution in [0.4, 0.5) is 5.69 Å². The molecule has 0 bridgehead atoms. The average molecular weight is 592 g/mol. The molecule has 4 aliphatic rings. The van der Waals surface area contributed by atoms with Gasteiger partial charge in [0, 0.05) is 48.7 Å². The Morgan fingerprint density at radius 1 is 0.902 bits per heavy atom. The lowest BCUT2D eigenvalue weighted by Crippen LogP contribution is -2.53. The molecule has 1 spiro atoms. The highest BCUT2D eigenvalue weighted by molar-refractivity contribution is 8.02. The van der Waals surface area contributed by atoms with Crippen LogP contribution in [0.1, 0.15) is 24.8 Å². The van der Waals surface area contributed by atoms with Gasteiger partial charge in [-0.05, 0) is 49.1 Å². The first-order chi connectivity index (χ1) is 19.9. The van der Waals surface area contributed by atoms with E-state index in [1.807, 2.05) is 65.6 Å². The van der Waals surface area contributed by atoms with Crippen LogP contribution in [0.15, 0.2) is 78.9 Å². The number of amides is 3. The molecule has 0 saturated carbocycles. The lowest BCUT2D eigenvalue weighted by atomic mass is 9.78. The van der Waals surface area contributed by atoms with Gasteiger partial charge in [0.05, 0.1) is 16.6 Å². The van der Waals surface area contributed by atoms with E-state index in [2.05, 4.69) is 6.08 Å². The van der Waals surface area contributed by atoms with Gasteiger partial charge < -0.3 is 19.8 Å². The smallest absolute Gasteiger partial charge is 0.251 e. The number of carbonyl (C=O) groups is 3. The SMILES string of the molecule is O=C1[C@@H]2[C@H]3C(=O)N(CCCCCO)C4C(=O)N(c5ccc(Cl)cc5)CC=C[C@@]43S[C@@H]2C=CCN1Cc1ccccc1. The number of aliphatic hydroxyl groups is 1. The Morgan fingerprint density at radius 2 is 1.68 bits per heavy atom. The summed E-state index contributed by atoms with van der Waals surface area (Å²) in [6, 6.07) is 16.3. The molecule has 6 rings (SSSR count). The summed E-state index contributed by atoms with van der Waals surface area (Å²) in [7, 11) is 0. The zero-order chi connectivity index (χ0) is 28.6. The van der Waals surface area contributed by atoms with Gasteiger partial charge in [-0.1, -0.05) is 66.2 Å². The Bertz CT molecular complexity index is 1370. The molecule has 41 heavy (non-hydrogen) atoms. The Labute approximate surface area is 249 Å². The molecule has 2 fully saturated rings. The third-order valence-corrected chi connectivity index (χ3v) is 10.6. The molecule has 2 saturated heterocycles. The predicted octanol–water partition coefficient (Wildman–Crippen LogP) is 4.30. The van der Waals surface area contributed by atoms with E-state index in [0.717, 1.165) is 17.7 Å². The molecule has 214 valence electrons. The van der Waals surface area contributed by atoms with E-state index in [4.69, 9.17) is 11.6 Å². The highest BCUT2D eigenvalue weighted by atomic mass is 35.5. The lowest BCUT2D eigenvalue weighted by molar-refractivity contribution is -0.143. The summed E-state index contributed by atoms with van der Waals surface area (Å²) < 4.78 is -0.850. The molecule has 9 heteroatoms. The molecule has 2 aromatic carbocycles. The van der Waals surface area contributed by atoms with E-state index in [1.165, 1.54) is 0 Å². The van der Waals surface area contributed by atoms with Crippen LogP contribution in [0.25, 0.3) is 0 Å². The van der Waals surface area contributed by atoms with Crippen LogP contribution < -0.4 is 4.90 Å². The number of likely N-dealkylation sites (tertiary alicyclic amines) is 1. The van der Waals surface area contributed by atoms with Crippen LogP contribution >= 0.6 is 23.4 Å². The van der Waals surface area contributed by atoms with Crippen LogP contribution in [0.2, 0.25) is 5.02 Å². The third kappa shape index (κ3) is 5.00. The fourth-order valence-electron chi connectivity index (χ4n) is 6.80. The van der Waals surface area contributed by atoms with Crippen molar-refractivity contribution in [2.75, 3.05) is 31.1 Å². The fraction of sp³-hybridized carbons (Fsp3) is 0.406. The molecule has 4 aliphatic heterocycles. The minimum absolute atomic E-state index is 0.0351. The van der Waals surface area contributed by atoms with E-state index < -0.39 is 22.6 Å². The molecular weight excluding hydrogens is 558 g/mol. The van der Waals surface area contributed by atoms with Gasteiger partial charge in [0.25, 0.3) is 5.91 Å². The van der Waals surface area contributed by atoms with Crippen molar-refractivity contribution in [1.29, 1.82) is 0 Å². The summed E-state index contributed by atoms with van der Waals surface area (Å²) in [6.45, 7) is 1.83. The van der Waals surface area contributed by atoms with Crippen LogP contribution in [-0.2, 0) is 20.9 Å². The van der Waals surface area contributed by atoms with Crippen LogP contribution in [0, 0.1) is 11.8 Å². The fourth-order valence-corrected chi connectivity index (χ4v) is 8.93. The largest absolute Gasteiger partial charge is 0.396 e. The molecule has 7 nitrogen and oxygen atoms in total. The number of aliphatic hydroxyl groups excluding tert-OH is 1. The Kier molecular flexibility index (Phi) is 7.99. The lowest BCUT2D eigenvalue weighted by Gasteiger charge is -2.35. The summed E-state index contributed by atoms with van der Waals surface area (Å²) >= 11 is 7.73. The maximum absolute atomic E-state index is 14.4. The monoisotopic (exact) mass is 591 g/mol. The summed E-state index contributed by atoms with van der Waals surface area (Å²) in [5, 5.41) is 9.68. The molecule has 1 N–H and O–H groups in total. The molecule has 5 atom stereocenters. The van der Waals surface area contributed by atoms with E-state index in [-0.39, 0.29) is 29.6 Å². The van der Waals surface area contributed by atoms with E-state index in [0.29, 0.717) is 44.0 Å². The molecule has 0 aliphatic carbocycles. The number of carbonyl (C=O) groups excluding carboxylic acids is 3. The van der Waals surface area contributed by atoms with Crippen LogP contribution in [0.5, 0.6) is 0 Å². The van der Waals surface area contributed by atoms with Gasteiger partial charge in [0.1, 0.15) is 6.04 Å². The summed E-state index contributed by atoms with van der Waals surface area (Å²) in [4.78, 5) is 48.3. The number of benzene rings is 2. The minimum atomic E-state index is -0.850. The second kappa shape index (κ2) is 11.7. The summed E-state index contributed by atoms with van der Waals surface area (Å²) in [5.74, 6) is -1.50. The molecule has 3 amide bonds. The quantitative estimate of drug-likeness (QED) is 0.366. The van der Waals surface area contributed by atoms with Crippen LogP contribution in [-0.4, -0.2) is 74.9 Å². The van der Waals surface area contributed by atoms with Crippen molar-refractivity contribution in [2.24, 2.45) is 11.8 Å². The van der Waals surface area contributed by atoms with Crippen molar-refractivity contribution in [1.82, 2.24) is 9.80 Å². The topological polar surface area (TPSA) is 81.2 Å². The van der Waals surface area contributed by atoms with E-state index >= 15 is 0 Å². The second-order valence-corrected chi connectivity index (χ2v) is 13.0. The van der Waals surface area contributed by atoms with Gasteiger partial charge in [0.15, 0.2) is 0 Å². The van der Waals surface area contributed by atoms with Crippen LogP contribution in [0.3, 0.4) is 0 Å².